The van der Waals surface area contributed by atoms with Crippen LogP contribution in [0.5, 0.6) is 0 Å². The molecule has 144 valence electrons. The highest BCUT2D eigenvalue weighted by Crippen LogP contribution is 2.24. The molecule has 3 heterocycles. The number of rotatable bonds is 4. The fourth-order valence-corrected chi connectivity index (χ4v) is 3.38. The standard InChI is InChI=1S/C21H24N6O/c1-14-8-10-27(11-9-14)21-22-13-17(15(2)23-21)18-12-19(28)26-20(25-18)24-16-6-4-3-5-7-16/h3-7,12-14H,8-11H2,1-2H3,(H2,24,25,26,28). The predicted molar refractivity (Wildman–Crippen MR) is 111 cm³/mol. The van der Waals surface area contributed by atoms with Crippen molar-refractivity contribution in [3.63, 3.8) is 0 Å². The lowest BCUT2D eigenvalue weighted by molar-refractivity contribution is 0.434. The first-order chi connectivity index (χ1) is 13.6. The van der Waals surface area contributed by atoms with Gasteiger partial charge in [0.05, 0.1) is 11.4 Å². The molecule has 0 bridgehead atoms. The average Bonchev–Trinajstić information content (AvgIpc) is 2.69. The molecule has 0 spiro atoms. The first-order valence-electron chi connectivity index (χ1n) is 9.61. The van der Waals surface area contributed by atoms with Gasteiger partial charge in [-0.15, -0.1) is 0 Å². The van der Waals surface area contributed by atoms with Crippen molar-refractivity contribution in [2.24, 2.45) is 5.92 Å². The van der Waals surface area contributed by atoms with Crippen molar-refractivity contribution >= 4 is 17.6 Å². The fourth-order valence-electron chi connectivity index (χ4n) is 3.38. The van der Waals surface area contributed by atoms with Crippen molar-refractivity contribution in [2.75, 3.05) is 23.3 Å². The number of anilines is 3. The van der Waals surface area contributed by atoms with Crippen LogP contribution in [0.15, 0.2) is 47.4 Å². The maximum absolute atomic E-state index is 12.1. The van der Waals surface area contributed by atoms with E-state index < -0.39 is 0 Å². The van der Waals surface area contributed by atoms with E-state index in [2.05, 4.69) is 37.1 Å². The monoisotopic (exact) mass is 376 g/mol. The van der Waals surface area contributed by atoms with Crippen molar-refractivity contribution in [3.05, 3.63) is 58.6 Å². The minimum absolute atomic E-state index is 0.225. The summed E-state index contributed by atoms with van der Waals surface area (Å²) in [5.74, 6) is 1.90. The lowest BCUT2D eigenvalue weighted by atomic mass is 10.00. The third kappa shape index (κ3) is 4.03. The largest absolute Gasteiger partial charge is 0.341 e. The number of H-pyrrole nitrogens is 1. The molecule has 2 aromatic heterocycles. The summed E-state index contributed by atoms with van der Waals surface area (Å²) in [6.45, 7) is 6.18. The number of aromatic nitrogens is 4. The third-order valence-electron chi connectivity index (χ3n) is 5.09. The highest BCUT2D eigenvalue weighted by Gasteiger charge is 2.19. The van der Waals surface area contributed by atoms with E-state index in [4.69, 9.17) is 0 Å². The molecule has 2 N–H and O–H groups in total. The van der Waals surface area contributed by atoms with E-state index >= 15 is 0 Å². The number of aromatic amines is 1. The second-order valence-corrected chi connectivity index (χ2v) is 7.31. The van der Waals surface area contributed by atoms with Crippen LogP contribution in [-0.4, -0.2) is 33.0 Å². The minimum Gasteiger partial charge on any atom is -0.341 e. The molecule has 3 aromatic rings. The quantitative estimate of drug-likeness (QED) is 0.725. The van der Waals surface area contributed by atoms with Crippen LogP contribution in [0.1, 0.15) is 25.5 Å². The van der Waals surface area contributed by atoms with Gasteiger partial charge in [-0.05, 0) is 37.8 Å². The van der Waals surface area contributed by atoms with Crippen molar-refractivity contribution in [1.82, 2.24) is 19.9 Å². The first-order valence-corrected chi connectivity index (χ1v) is 9.61. The number of para-hydroxylation sites is 1. The van der Waals surface area contributed by atoms with Gasteiger partial charge in [-0.2, -0.15) is 0 Å². The Morgan fingerprint density at radius 1 is 1.14 bits per heavy atom. The number of nitrogens with zero attached hydrogens (tertiary/aromatic N) is 4. The molecule has 1 fully saturated rings. The van der Waals surface area contributed by atoms with Gasteiger partial charge in [0.15, 0.2) is 0 Å². The number of benzene rings is 1. The average molecular weight is 376 g/mol. The van der Waals surface area contributed by atoms with Gasteiger partial charge in [0.1, 0.15) is 0 Å². The van der Waals surface area contributed by atoms with E-state index in [9.17, 15) is 4.79 Å². The normalized spacial score (nSPS) is 14.9. The fraction of sp³-hybridized carbons (Fsp3) is 0.333. The molecule has 1 aliphatic rings. The van der Waals surface area contributed by atoms with Crippen molar-refractivity contribution in [1.29, 1.82) is 0 Å². The predicted octanol–water partition coefficient (Wildman–Crippen LogP) is 3.52. The van der Waals surface area contributed by atoms with Gasteiger partial charge in [-0.25, -0.2) is 15.0 Å². The second kappa shape index (κ2) is 7.80. The van der Waals surface area contributed by atoms with E-state index in [1.54, 1.807) is 6.20 Å². The summed E-state index contributed by atoms with van der Waals surface area (Å²) in [4.78, 5) is 30.9. The Bertz CT molecular complexity index is 1010. The van der Waals surface area contributed by atoms with Crippen LogP contribution in [0.4, 0.5) is 17.6 Å². The Hall–Kier alpha value is -3.22. The van der Waals surface area contributed by atoms with Gasteiger partial charge in [-0.1, -0.05) is 25.1 Å². The van der Waals surface area contributed by atoms with Gasteiger partial charge in [0.2, 0.25) is 11.9 Å². The Morgan fingerprint density at radius 3 is 2.61 bits per heavy atom. The van der Waals surface area contributed by atoms with E-state index in [0.717, 1.165) is 54.7 Å². The summed E-state index contributed by atoms with van der Waals surface area (Å²) >= 11 is 0. The SMILES string of the molecule is Cc1nc(N2CCC(C)CC2)ncc1-c1cc(=O)[nH]c(Nc2ccccc2)n1. The molecule has 0 unspecified atom stereocenters. The number of nitrogens with one attached hydrogen (secondary N) is 2. The molecular formula is C21H24N6O. The van der Waals surface area contributed by atoms with Crippen LogP contribution in [0.3, 0.4) is 0 Å². The topological polar surface area (TPSA) is 86.8 Å². The Labute approximate surface area is 163 Å². The van der Waals surface area contributed by atoms with E-state index in [1.165, 1.54) is 6.07 Å². The first kappa shape index (κ1) is 18.2. The number of aryl methyl sites for hydroxylation is 1. The maximum atomic E-state index is 12.1. The van der Waals surface area contributed by atoms with Gasteiger partial charge in [-0.3, -0.25) is 9.78 Å². The van der Waals surface area contributed by atoms with E-state index in [-0.39, 0.29) is 5.56 Å². The Kier molecular flexibility index (Phi) is 5.06. The molecule has 7 nitrogen and oxygen atoms in total. The molecular weight excluding hydrogens is 352 g/mol. The maximum Gasteiger partial charge on any atom is 0.252 e. The summed E-state index contributed by atoms with van der Waals surface area (Å²) in [6, 6.07) is 11.1. The van der Waals surface area contributed by atoms with Crippen LogP contribution in [0, 0.1) is 12.8 Å². The van der Waals surface area contributed by atoms with Gasteiger partial charge in [0.25, 0.3) is 5.56 Å². The summed E-state index contributed by atoms with van der Waals surface area (Å²) in [6.07, 6.45) is 4.09. The summed E-state index contributed by atoms with van der Waals surface area (Å²) in [5.41, 5.74) is 2.75. The zero-order chi connectivity index (χ0) is 19.5. The molecule has 0 saturated carbocycles. The number of hydrogen-bond donors (Lipinski definition) is 2. The Morgan fingerprint density at radius 2 is 1.89 bits per heavy atom. The molecule has 0 radical (unpaired) electrons. The highest BCUT2D eigenvalue weighted by atomic mass is 16.1. The van der Waals surface area contributed by atoms with Crippen LogP contribution in [0.25, 0.3) is 11.3 Å². The summed E-state index contributed by atoms with van der Waals surface area (Å²) in [5, 5.41) is 3.13. The van der Waals surface area contributed by atoms with Crippen LogP contribution < -0.4 is 15.8 Å². The molecule has 1 aromatic carbocycles. The zero-order valence-electron chi connectivity index (χ0n) is 16.1. The third-order valence-corrected chi connectivity index (χ3v) is 5.09. The smallest absolute Gasteiger partial charge is 0.252 e. The summed E-state index contributed by atoms with van der Waals surface area (Å²) < 4.78 is 0. The van der Waals surface area contributed by atoms with Crippen molar-refractivity contribution < 1.29 is 0 Å². The summed E-state index contributed by atoms with van der Waals surface area (Å²) in [7, 11) is 0. The molecule has 1 aliphatic heterocycles. The van der Waals surface area contributed by atoms with E-state index in [0.29, 0.717) is 11.6 Å². The molecule has 28 heavy (non-hydrogen) atoms. The molecule has 7 heteroatoms. The van der Waals surface area contributed by atoms with E-state index in [1.807, 2.05) is 37.3 Å². The van der Waals surface area contributed by atoms with Crippen LogP contribution in [0.2, 0.25) is 0 Å². The van der Waals surface area contributed by atoms with Gasteiger partial charge >= 0.3 is 0 Å². The van der Waals surface area contributed by atoms with Crippen molar-refractivity contribution in [2.45, 2.75) is 26.7 Å². The van der Waals surface area contributed by atoms with Gasteiger partial charge in [0, 0.05) is 36.6 Å². The second-order valence-electron chi connectivity index (χ2n) is 7.31. The highest BCUT2D eigenvalue weighted by molar-refractivity contribution is 5.63. The molecule has 1 saturated heterocycles. The lowest BCUT2D eigenvalue weighted by Gasteiger charge is -2.30. The molecule has 0 atom stereocenters. The van der Waals surface area contributed by atoms with Crippen LogP contribution >= 0.6 is 0 Å². The molecule has 0 aliphatic carbocycles. The van der Waals surface area contributed by atoms with Gasteiger partial charge < -0.3 is 10.2 Å². The Balaban J connectivity index is 1.61. The molecule has 0 amide bonds. The lowest BCUT2D eigenvalue weighted by Crippen LogP contribution is -2.34. The van der Waals surface area contributed by atoms with Crippen molar-refractivity contribution in [3.8, 4) is 11.3 Å². The molecule has 4 rings (SSSR count). The number of piperidine rings is 1. The minimum atomic E-state index is -0.225. The zero-order valence-corrected chi connectivity index (χ0v) is 16.1. The van der Waals surface area contributed by atoms with Crippen LogP contribution in [-0.2, 0) is 0 Å². The number of hydrogen-bond acceptors (Lipinski definition) is 6.